The van der Waals surface area contributed by atoms with Crippen molar-refractivity contribution < 1.29 is 0 Å². The van der Waals surface area contributed by atoms with Crippen molar-refractivity contribution in [3.05, 3.63) is 11.9 Å². The summed E-state index contributed by atoms with van der Waals surface area (Å²) in [7, 11) is 2.10. The fourth-order valence-electron chi connectivity index (χ4n) is 1.93. The highest BCUT2D eigenvalue weighted by molar-refractivity contribution is 9.09. The molecule has 2 atom stereocenters. The van der Waals surface area contributed by atoms with Crippen LogP contribution in [0.15, 0.2) is 11.9 Å². The average molecular weight is 271 g/mol. The highest BCUT2D eigenvalue weighted by atomic mass is 79.9. The summed E-state index contributed by atoms with van der Waals surface area (Å²) in [6.07, 6.45) is 2.34. The zero-order valence-corrected chi connectivity index (χ0v) is 10.5. The summed E-state index contributed by atoms with van der Waals surface area (Å²) in [6.45, 7) is 3.51. The molecule has 2 aliphatic heterocycles. The molecule has 15 heavy (non-hydrogen) atoms. The molecule has 2 rings (SSSR count). The van der Waals surface area contributed by atoms with E-state index in [4.69, 9.17) is 0 Å². The second kappa shape index (κ2) is 4.44. The van der Waals surface area contributed by atoms with Gasteiger partial charge in [-0.3, -0.25) is 4.90 Å². The normalized spacial score (nSPS) is 30.7. The SMILES string of the molecule is CC#CCN1C(Br)NC2=CNCN(C)C21. The summed E-state index contributed by atoms with van der Waals surface area (Å²) in [5, 5.41) is 6.76. The van der Waals surface area contributed by atoms with Crippen molar-refractivity contribution in [1.29, 1.82) is 0 Å². The molecule has 0 spiro atoms. The molecule has 0 amide bonds. The molecule has 5 heteroatoms. The van der Waals surface area contributed by atoms with Gasteiger partial charge in [-0.05, 0) is 29.9 Å². The summed E-state index contributed by atoms with van der Waals surface area (Å²) < 4.78 is 0. The fraction of sp³-hybridized carbons (Fsp3) is 0.600. The highest BCUT2D eigenvalue weighted by Crippen LogP contribution is 2.26. The standard InChI is InChI=1S/C10H15BrN4/c1-3-4-5-15-9-8(13-10(15)11)6-12-7-14(9)2/h6,9-10,12-13H,5,7H2,1-2H3. The van der Waals surface area contributed by atoms with Crippen LogP contribution in [0.25, 0.3) is 0 Å². The van der Waals surface area contributed by atoms with Gasteiger partial charge < -0.3 is 10.6 Å². The van der Waals surface area contributed by atoms with Crippen molar-refractivity contribution >= 4 is 15.9 Å². The van der Waals surface area contributed by atoms with Crippen LogP contribution < -0.4 is 10.6 Å². The van der Waals surface area contributed by atoms with E-state index in [1.165, 1.54) is 5.70 Å². The van der Waals surface area contributed by atoms with E-state index < -0.39 is 0 Å². The van der Waals surface area contributed by atoms with E-state index in [0.717, 1.165) is 13.2 Å². The molecule has 2 N–H and O–H groups in total. The molecule has 2 unspecified atom stereocenters. The van der Waals surface area contributed by atoms with Crippen molar-refractivity contribution in [2.75, 3.05) is 20.3 Å². The van der Waals surface area contributed by atoms with Gasteiger partial charge in [0.1, 0.15) is 11.2 Å². The lowest BCUT2D eigenvalue weighted by Gasteiger charge is -2.34. The quantitative estimate of drug-likeness (QED) is 0.407. The van der Waals surface area contributed by atoms with Crippen molar-refractivity contribution in [2.45, 2.75) is 18.2 Å². The predicted molar refractivity (Wildman–Crippen MR) is 63.6 cm³/mol. The minimum atomic E-state index is 0.164. The lowest BCUT2D eigenvalue weighted by molar-refractivity contribution is 0.113. The molecule has 2 heterocycles. The number of hydrogen-bond donors (Lipinski definition) is 2. The Bertz CT molecular complexity index is 330. The first-order valence-electron chi connectivity index (χ1n) is 4.93. The Morgan fingerprint density at radius 1 is 1.67 bits per heavy atom. The number of fused-ring (bicyclic) bond motifs is 1. The Labute approximate surface area is 98.8 Å². The molecule has 0 radical (unpaired) electrons. The molecular weight excluding hydrogens is 256 g/mol. The summed E-state index contributed by atoms with van der Waals surface area (Å²) in [5.74, 6) is 6.04. The third kappa shape index (κ3) is 1.98. The van der Waals surface area contributed by atoms with Crippen molar-refractivity contribution in [1.82, 2.24) is 20.4 Å². The summed E-state index contributed by atoms with van der Waals surface area (Å²) in [5.41, 5.74) is 1.20. The molecule has 0 saturated carbocycles. The Balaban J connectivity index is 2.17. The smallest absolute Gasteiger partial charge is 0.139 e. The van der Waals surface area contributed by atoms with Gasteiger partial charge in [0.15, 0.2) is 0 Å². The first-order valence-corrected chi connectivity index (χ1v) is 5.85. The minimum absolute atomic E-state index is 0.164. The van der Waals surface area contributed by atoms with Gasteiger partial charge in [0.05, 0.1) is 18.9 Å². The number of rotatable bonds is 1. The molecular formula is C10H15BrN4. The molecule has 0 aromatic heterocycles. The van der Waals surface area contributed by atoms with Gasteiger partial charge in [0.2, 0.25) is 0 Å². The summed E-state index contributed by atoms with van der Waals surface area (Å²) >= 11 is 3.60. The first kappa shape index (κ1) is 10.8. The van der Waals surface area contributed by atoms with E-state index in [2.05, 4.69) is 55.3 Å². The zero-order chi connectivity index (χ0) is 10.8. The number of alkyl halides is 1. The fourth-order valence-corrected chi connectivity index (χ4v) is 2.56. The van der Waals surface area contributed by atoms with Crippen LogP contribution >= 0.6 is 15.9 Å². The lowest BCUT2D eigenvalue weighted by atomic mass is 10.3. The van der Waals surface area contributed by atoms with Gasteiger partial charge in [-0.2, -0.15) is 0 Å². The molecule has 0 aromatic carbocycles. The molecule has 82 valence electrons. The number of nitrogens with one attached hydrogen (secondary N) is 2. The lowest BCUT2D eigenvalue weighted by Crippen LogP contribution is -2.50. The monoisotopic (exact) mass is 270 g/mol. The van der Waals surface area contributed by atoms with E-state index >= 15 is 0 Å². The van der Waals surface area contributed by atoms with Crippen molar-refractivity contribution in [3.63, 3.8) is 0 Å². The van der Waals surface area contributed by atoms with Gasteiger partial charge >= 0.3 is 0 Å². The second-order valence-corrected chi connectivity index (χ2v) is 4.54. The molecule has 1 fully saturated rings. The van der Waals surface area contributed by atoms with Crippen LogP contribution in [0.4, 0.5) is 0 Å². The van der Waals surface area contributed by atoms with Crippen LogP contribution in [0.3, 0.4) is 0 Å². The van der Waals surface area contributed by atoms with Crippen LogP contribution in [0.1, 0.15) is 6.92 Å². The largest absolute Gasteiger partial charge is 0.377 e. The van der Waals surface area contributed by atoms with E-state index in [-0.39, 0.29) is 5.08 Å². The average Bonchev–Trinajstić information content (AvgIpc) is 2.53. The third-order valence-corrected chi connectivity index (χ3v) is 3.38. The number of hydrogen-bond acceptors (Lipinski definition) is 4. The third-order valence-electron chi connectivity index (χ3n) is 2.62. The van der Waals surface area contributed by atoms with Crippen LogP contribution in [0.5, 0.6) is 0 Å². The van der Waals surface area contributed by atoms with E-state index in [0.29, 0.717) is 6.17 Å². The maximum atomic E-state index is 3.60. The van der Waals surface area contributed by atoms with Crippen LogP contribution in [-0.2, 0) is 0 Å². The molecule has 4 nitrogen and oxygen atoms in total. The zero-order valence-electron chi connectivity index (χ0n) is 8.92. The number of likely N-dealkylation sites (N-methyl/N-ethyl adjacent to an activating group) is 1. The topological polar surface area (TPSA) is 30.5 Å². The highest BCUT2D eigenvalue weighted by Gasteiger charge is 2.38. The van der Waals surface area contributed by atoms with Gasteiger partial charge in [-0.15, -0.1) is 5.92 Å². The van der Waals surface area contributed by atoms with E-state index in [1.54, 1.807) is 0 Å². The van der Waals surface area contributed by atoms with E-state index in [1.807, 2.05) is 13.1 Å². The van der Waals surface area contributed by atoms with Crippen LogP contribution in [-0.4, -0.2) is 41.3 Å². The molecule has 0 aromatic rings. The molecule has 0 aliphatic carbocycles. The van der Waals surface area contributed by atoms with Gasteiger partial charge in [-0.25, -0.2) is 4.90 Å². The van der Waals surface area contributed by atoms with Gasteiger partial charge in [-0.1, -0.05) is 5.92 Å². The first-order chi connectivity index (χ1) is 7.24. The Morgan fingerprint density at radius 3 is 3.20 bits per heavy atom. The Morgan fingerprint density at radius 2 is 2.47 bits per heavy atom. The maximum absolute atomic E-state index is 3.60. The molecule has 1 saturated heterocycles. The van der Waals surface area contributed by atoms with Gasteiger partial charge in [0, 0.05) is 6.20 Å². The van der Waals surface area contributed by atoms with Crippen LogP contribution in [0.2, 0.25) is 0 Å². The van der Waals surface area contributed by atoms with Gasteiger partial charge in [0.25, 0.3) is 0 Å². The van der Waals surface area contributed by atoms with Crippen molar-refractivity contribution in [2.24, 2.45) is 0 Å². The molecule has 2 aliphatic rings. The van der Waals surface area contributed by atoms with Crippen LogP contribution in [0, 0.1) is 11.8 Å². The maximum Gasteiger partial charge on any atom is 0.139 e. The number of halogens is 1. The van der Waals surface area contributed by atoms with Crippen molar-refractivity contribution in [3.8, 4) is 11.8 Å². The Hall–Kier alpha value is -0.700. The summed E-state index contributed by atoms with van der Waals surface area (Å²) in [4.78, 5) is 4.53. The molecule has 0 bridgehead atoms. The second-order valence-electron chi connectivity index (χ2n) is 3.67. The summed E-state index contributed by atoms with van der Waals surface area (Å²) in [6, 6.07) is 0. The van der Waals surface area contributed by atoms with E-state index in [9.17, 15) is 0 Å². The minimum Gasteiger partial charge on any atom is -0.377 e. The Kier molecular flexibility index (Phi) is 3.19. The number of nitrogens with zero attached hydrogens (tertiary/aromatic N) is 2. The predicted octanol–water partition coefficient (Wildman–Crippen LogP) is 0.253.